The normalized spacial score (nSPS) is 24.7. The van der Waals surface area contributed by atoms with Gasteiger partial charge in [-0.25, -0.2) is 4.79 Å². The molecule has 0 aromatic heterocycles. The Morgan fingerprint density at radius 1 is 1.25 bits per heavy atom. The van der Waals surface area contributed by atoms with Crippen molar-refractivity contribution in [1.82, 2.24) is 4.90 Å². The second kappa shape index (κ2) is 3.67. The number of carbonyl (C=O) groups excluding carboxylic acids is 1. The molecule has 1 aliphatic heterocycles. The van der Waals surface area contributed by atoms with Gasteiger partial charge in [0.05, 0.1) is 6.54 Å². The molecule has 1 amide bonds. The zero-order valence-electron chi connectivity index (χ0n) is 8.73. The van der Waals surface area contributed by atoms with Gasteiger partial charge in [0.25, 0.3) is 0 Å². The first-order valence-corrected chi connectivity index (χ1v) is 5.84. The number of rotatable bonds is 2. The summed E-state index contributed by atoms with van der Waals surface area (Å²) in [4.78, 5) is 13.4. The Labute approximate surface area is 98.9 Å². The summed E-state index contributed by atoms with van der Waals surface area (Å²) in [6.07, 6.45) is 1.91. The molecule has 0 N–H and O–H groups in total. The molecule has 4 heteroatoms. The maximum atomic E-state index is 11.6. The van der Waals surface area contributed by atoms with Crippen LogP contribution in [0.4, 0.5) is 4.79 Å². The van der Waals surface area contributed by atoms with E-state index in [9.17, 15) is 4.79 Å². The van der Waals surface area contributed by atoms with Crippen LogP contribution in [0.3, 0.4) is 0 Å². The highest BCUT2D eigenvalue weighted by Gasteiger charge is 2.41. The summed E-state index contributed by atoms with van der Waals surface area (Å²) < 4.78 is 5.35. The lowest BCUT2D eigenvalue weighted by molar-refractivity contribution is 0.132. The summed E-state index contributed by atoms with van der Waals surface area (Å²) in [7, 11) is 0. The van der Waals surface area contributed by atoms with Crippen molar-refractivity contribution < 1.29 is 9.53 Å². The lowest BCUT2D eigenvalue weighted by Gasteiger charge is -2.10. The highest BCUT2D eigenvalue weighted by molar-refractivity contribution is 6.30. The molecule has 84 valence electrons. The Kier molecular flexibility index (Phi) is 2.28. The van der Waals surface area contributed by atoms with Crippen LogP contribution in [0, 0.1) is 0 Å². The van der Waals surface area contributed by atoms with Gasteiger partial charge in [-0.05, 0) is 30.5 Å². The van der Waals surface area contributed by atoms with Crippen molar-refractivity contribution >= 4 is 17.7 Å². The quantitative estimate of drug-likeness (QED) is 0.792. The third kappa shape index (κ3) is 1.76. The van der Waals surface area contributed by atoms with E-state index in [0.29, 0.717) is 17.6 Å². The van der Waals surface area contributed by atoms with Crippen molar-refractivity contribution in [3.8, 4) is 0 Å². The summed E-state index contributed by atoms with van der Waals surface area (Å²) in [5.41, 5.74) is 1.01. The summed E-state index contributed by atoms with van der Waals surface area (Å²) in [5, 5.41) is 0.701. The zero-order chi connectivity index (χ0) is 11.1. The smallest absolute Gasteiger partial charge is 0.410 e. The van der Waals surface area contributed by atoms with Gasteiger partial charge in [0.15, 0.2) is 0 Å². The maximum Gasteiger partial charge on any atom is 0.410 e. The number of hydrogen-bond acceptors (Lipinski definition) is 2. The number of ether oxygens (including phenoxy) is 1. The van der Waals surface area contributed by atoms with Crippen molar-refractivity contribution in [2.75, 3.05) is 6.54 Å². The number of halogens is 1. The van der Waals surface area contributed by atoms with E-state index in [2.05, 4.69) is 0 Å². The van der Waals surface area contributed by atoms with E-state index in [4.69, 9.17) is 16.3 Å². The number of cyclic esters (lactones) is 1. The monoisotopic (exact) mass is 237 g/mol. The van der Waals surface area contributed by atoms with Crippen LogP contribution in [0.1, 0.15) is 24.5 Å². The Hall–Kier alpha value is -1.22. The molecule has 3 nitrogen and oxygen atoms in total. The lowest BCUT2D eigenvalue weighted by atomic mass is 10.1. The molecule has 1 unspecified atom stereocenters. The van der Waals surface area contributed by atoms with Crippen LogP contribution in [0.15, 0.2) is 24.3 Å². The van der Waals surface area contributed by atoms with Gasteiger partial charge in [-0.1, -0.05) is 23.7 Å². The molecular formula is C12H12ClNO2. The molecule has 1 aromatic carbocycles. The molecule has 3 rings (SSSR count). The van der Waals surface area contributed by atoms with E-state index in [0.717, 1.165) is 18.4 Å². The first kappa shape index (κ1) is 9.97. The summed E-state index contributed by atoms with van der Waals surface area (Å²) in [6, 6.07) is 7.90. The average molecular weight is 238 g/mol. The van der Waals surface area contributed by atoms with Gasteiger partial charge < -0.3 is 9.64 Å². The second-order valence-corrected chi connectivity index (χ2v) is 4.74. The Morgan fingerprint density at radius 2 is 1.94 bits per heavy atom. The minimum atomic E-state index is -0.178. The third-order valence-electron chi connectivity index (χ3n) is 3.07. The van der Waals surface area contributed by atoms with Crippen LogP contribution < -0.4 is 0 Å². The van der Waals surface area contributed by atoms with Crippen LogP contribution in [0.2, 0.25) is 5.02 Å². The fourth-order valence-corrected chi connectivity index (χ4v) is 2.14. The number of nitrogens with zero attached hydrogens (tertiary/aromatic N) is 1. The Balaban J connectivity index is 1.77. The van der Waals surface area contributed by atoms with Crippen LogP contribution in [0.25, 0.3) is 0 Å². The molecule has 16 heavy (non-hydrogen) atoms. The molecule has 1 saturated heterocycles. The lowest BCUT2D eigenvalue weighted by Crippen LogP contribution is -2.26. The predicted octanol–water partition coefficient (Wildman–Crippen LogP) is 3.00. The minimum absolute atomic E-state index is 0.134. The largest absolute Gasteiger partial charge is 0.439 e. The summed E-state index contributed by atoms with van der Waals surface area (Å²) in [6.45, 7) is 0.672. The molecule has 1 atom stereocenters. The molecule has 0 radical (unpaired) electrons. The number of carbonyl (C=O) groups is 1. The Bertz CT molecular complexity index is 414. The molecule has 2 aliphatic rings. The highest BCUT2D eigenvalue weighted by atomic mass is 35.5. The van der Waals surface area contributed by atoms with Gasteiger partial charge in [0.1, 0.15) is 6.10 Å². The molecule has 0 bridgehead atoms. The van der Waals surface area contributed by atoms with Crippen molar-refractivity contribution in [3.63, 3.8) is 0 Å². The molecule has 1 aliphatic carbocycles. The standard InChI is InChI=1S/C12H12ClNO2/c13-9-3-1-8(2-4-9)11-7-14(10-5-6-10)12(15)16-11/h1-4,10-11H,5-7H2. The van der Waals surface area contributed by atoms with Crippen molar-refractivity contribution in [3.05, 3.63) is 34.9 Å². The van der Waals surface area contributed by atoms with E-state index in [1.807, 2.05) is 29.2 Å². The highest BCUT2D eigenvalue weighted by Crippen LogP contribution is 2.35. The maximum absolute atomic E-state index is 11.6. The van der Waals surface area contributed by atoms with Crippen LogP contribution in [-0.4, -0.2) is 23.6 Å². The van der Waals surface area contributed by atoms with Gasteiger partial charge in [0, 0.05) is 11.1 Å². The first-order valence-electron chi connectivity index (χ1n) is 5.47. The van der Waals surface area contributed by atoms with Crippen molar-refractivity contribution in [2.24, 2.45) is 0 Å². The van der Waals surface area contributed by atoms with E-state index < -0.39 is 0 Å². The van der Waals surface area contributed by atoms with Crippen LogP contribution in [-0.2, 0) is 4.74 Å². The fraction of sp³-hybridized carbons (Fsp3) is 0.417. The fourth-order valence-electron chi connectivity index (χ4n) is 2.02. The zero-order valence-corrected chi connectivity index (χ0v) is 9.48. The van der Waals surface area contributed by atoms with E-state index in [1.54, 1.807) is 0 Å². The van der Waals surface area contributed by atoms with Gasteiger partial charge in [-0.3, -0.25) is 0 Å². The molecule has 1 heterocycles. The molecular weight excluding hydrogens is 226 g/mol. The Morgan fingerprint density at radius 3 is 2.56 bits per heavy atom. The SMILES string of the molecule is O=C1OC(c2ccc(Cl)cc2)CN1C1CC1. The third-order valence-corrected chi connectivity index (χ3v) is 3.32. The summed E-state index contributed by atoms with van der Waals surface area (Å²) in [5.74, 6) is 0. The predicted molar refractivity (Wildman–Crippen MR) is 60.4 cm³/mol. The van der Waals surface area contributed by atoms with Gasteiger partial charge in [-0.15, -0.1) is 0 Å². The topological polar surface area (TPSA) is 29.5 Å². The molecule has 0 spiro atoms. The molecule has 1 aromatic rings. The van der Waals surface area contributed by atoms with Crippen molar-refractivity contribution in [1.29, 1.82) is 0 Å². The van der Waals surface area contributed by atoms with Gasteiger partial charge >= 0.3 is 6.09 Å². The molecule has 1 saturated carbocycles. The average Bonchev–Trinajstić information content (AvgIpc) is 3.04. The number of benzene rings is 1. The first-order chi connectivity index (χ1) is 7.74. The van der Waals surface area contributed by atoms with E-state index in [1.165, 1.54) is 0 Å². The van der Waals surface area contributed by atoms with Gasteiger partial charge in [-0.2, -0.15) is 0 Å². The minimum Gasteiger partial charge on any atom is -0.439 e. The summed E-state index contributed by atoms with van der Waals surface area (Å²) >= 11 is 5.82. The number of amides is 1. The van der Waals surface area contributed by atoms with Crippen LogP contribution in [0.5, 0.6) is 0 Å². The van der Waals surface area contributed by atoms with E-state index in [-0.39, 0.29) is 12.2 Å². The van der Waals surface area contributed by atoms with Crippen molar-refractivity contribution in [2.45, 2.75) is 25.0 Å². The molecule has 2 fully saturated rings. The van der Waals surface area contributed by atoms with Gasteiger partial charge in [0.2, 0.25) is 0 Å². The second-order valence-electron chi connectivity index (χ2n) is 4.31. The van der Waals surface area contributed by atoms with E-state index >= 15 is 0 Å². The number of hydrogen-bond donors (Lipinski definition) is 0. The van der Waals surface area contributed by atoms with Crippen LogP contribution >= 0.6 is 11.6 Å².